The Balaban J connectivity index is 2.29. The molecule has 34 heavy (non-hydrogen) atoms. The van der Waals surface area contributed by atoms with Gasteiger partial charge >= 0.3 is 6.09 Å². The molecule has 2 N–H and O–H groups in total. The summed E-state index contributed by atoms with van der Waals surface area (Å²) in [5.74, 6) is -0.571. The van der Waals surface area contributed by atoms with Gasteiger partial charge in [0.05, 0.1) is 10.5 Å². The Morgan fingerprint density at radius 1 is 1.38 bits per heavy atom. The highest BCUT2D eigenvalue weighted by Crippen LogP contribution is 2.28. The molecule has 0 spiro atoms. The Kier molecular flexibility index (Phi) is 8.95. The summed E-state index contributed by atoms with van der Waals surface area (Å²) < 4.78 is 5.69. The highest BCUT2D eigenvalue weighted by Gasteiger charge is 2.39. The van der Waals surface area contributed by atoms with Crippen LogP contribution in [-0.2, 0) is 20.7 Å². The molecule has 0 aromatic heterocycles. The summed E-state index contributed by atoms with van der Waals surface area (Å²) in [4.78, 5) is 41.8. The molecular weight excluding hydrogens is 504 g/mol. The third-order valence-corrected chi connectivity index (χ3v) is 6.22. The maximum absolute atomic E-state index is 13.6. The number of phenolic OH excluding ortho intramolecular Hbond substituents is 1. The van der Waals surface area contributed by atoms with Gasteiger partial charge in [0.2, 0.25) is 11.8 Å². The number of rotatable bonds is 6. The number of nitriles is 1. The van der Waals surface area contributed by atoms with Gasteiger partial charge in [-0.15, -0.1) is 0 Å². The number of nitrogens with zero attached hydrogens (tertiary/aromatic N) is 3. The largest absolute Gasteiger partial charge is 0.507 e. The fourth-order valence-electron chi connectivity index (χ4n) is 3.90. The van der Waals surface area contributed by atoms with E-state index in [0.29, 0.717) is 17.4 Å². The van der Waals surface area contributed by atoms with Crippen molar-refractivity contribution in [2.45, 2.75) is 71.2 Å². The molecule has 186 valence electrons. The zero-order chi connectivity index (χ0) is 25.8. The molecule has 0 unspecified atom stereocenters. The molecule has 1 aromatic rings. The molecule has 1 aliphatic heterocycles. The standard InChI is InChI=1S/C24H33BrN4O5/c1-14-9-17(12-26)29(13-14)22(32)19(11-16-7-8-20(30)18(25)10-16)28(6)21(31)15(2)27-23(33)34-24(3,4)5/h7-8,10,14-15,17,19,30H,9,11,13H2,1-6H3,(H,27,33)/t14-,15-,17-,19+/m0/s1. The van der Waals surface area contributed by atoms with E-state index in [2.05, 4.69) is 27.3 Å². The van der Waals surface area contributed by atoms with Crippen molar-refractivity contribution in [2.75, 3.05) is 13.6 Å². The lowest BCUT2D eigenvalue weighted by Gasteiger charge is -2.33. The molecule has 1 fully saturated rings. The first kappa shape index (κ1) is 27.4. The van der Waals surface area contributed by atoms with Crippen LogP contribution in [0.5, 0.6) is 5.75 Å². The van der Waals surface area contributed by atoms with Crippen LogP contribution < -0.4 is 5.32 Å². The first-order valence-electron chi connectivity index (χ1n) is 11.2. The van der Waals surface area contributed by atoms with E-state index >= 15 is 0 Å². The first-order valence-corrected chi connectivity index (χ1v) is 12.0. The maximum atomic E-state index is 13.6. The number of hydrogen-bond acceptors (Lipinski definition) is 6. The van der Waals surface area contributed by atoms with Crippen LogP contribution in [0.1, 0.15) is 46.6 Å². The Bertz CT molecular complexity index is 971. The second kappa shape index (κ2) is 11.1. The lowest BCUT2D eigenvalue weighted by atomic mass is 10.0. The minimum atomic E-state index is -0.939. The van der Waals surface area contributed by atoms with Gasteiger partial charge in [-0.1, -0.05) is 13.0 Å². The van der Waals surface area contributed by atoms with Crippen molar-refractivity contribution < 1.29 is 24.2 Å². The average molecular weight is 537 g/mol. The Morgan fingerprint density at radius 2 is 2.03 bits per heavy atom. The van der Waals surface area contributed by atoms with E-state index in [1.54, 1.807) is 32.9 Å². The summed E-state index contributed by atoms with van der Waals surface area (Å²) in [6, 6.07) is 4.65. The van der Waals surface area contributed by atoms with Gasteiger partial charge in [-0.25, -0.2) is 4.79 Å². The number of carbonyl (C=O) groups excluding carboxylic acids is 3. The normalized spacial score (nSPS) is 19.6. The lowest BCUT2D eigenvalue weighted by Crippen LogP contribution is -2.56. The van der Waals surface area contributed by atoms with Gasteiger partial charge in [-0.2, -0.15) is 5.26 Å². The van der Waals surface area contributed by atoms with Crippen LogP contribution in [0, 0.1) is 17.2 Å². The van der Waals surface area contributed by atoms with Crippen LogP contribution in [0.15, 0.2) is 22.7 Å². The van der Waals surface area contributed by atoms with Gasteiger partial charge in [0.25, 0.3) is 0 Å². The third kappa shape index (κ3) is 7.10. The minimum absolute atomic E-state index is 0.0594. The summed E-state index contributed by atoms with van der Waals surface area (Å²) in [5, 5.41) is 21.9. The third-order valence-electron chi connectivity index (χ3n) is 5.59. The molecule has 0 saturated carbocycles. The van der Waals surface area contributed by atoms with Gasteiger partial charge < -0.3 is 25.0 Å². The summed E-state index contributed by atoms with van der Waals surface area (Å²) in [6.45, 7) is 9.10. The number of likely N-dealkylation sites (N-methyl/N-ethyl adjacent to an activating group) is 1. The zero-order valence-electron chi connectivity index (χ0n) is 20.5. The number of halogens is 1. The second-order valence-corrected chi connectivity index (χ2v) is 10.7. The fourth-order valence-corrected chi connectivity index (χ4v) is 4.33. The van der Waals surface area contributed by atoms with E-state index in [4.69, 9.17) is 4.74 Å². The van der Waals surface area contributed by atoms with E-state index in [9.17, 15) is 24.8 Å². The monoisotopic (exact) mass is 536 g/mol. The summed E-state index contributed by atoms with van der Waals surface area (Å²) in [5.41, 5.74) is -0.00129. The Morgan fingerprint density at radius 3 is 2.59 bits per heavy atom. The lowest BCUT2D eigenvalue weighted by molar-refractivity contribution is -0.145. The van der Waals surface area contributed by atoms with Crippen molar-refractivity contribution in [1.29, 1.82) is 5.26 Å². The average Bonchev–Trinajstić information content (AvgIpc) is 3.12. The second-order valence-electron chi connectivity index (χ2n) is 9.80. The summed E-state index contributed by atoms with van der Waals surface area (Å²) in [6.07, 6.45) is 0.0147. The number of phenols is 1. The Labute approximate surface area is 209 Å². The number of hydrogen-bond donors (Lipinski definition) is 2. The van der Waals surface area contributed by atoms with E-state index in [1.807, 2.05) is 6.92 Å². The molecule has 9 nitrogen and oxygen atoms in total. The predicted octanol–water partition coefficient (Wildman–Crippen LogP) is 3.20. The summed E-state index contributed by atoms with van der Waals surface area (Å²) >= 11 is 3.28. The summed E-state index contributed by atoms with van der Waals surface area (Å²) in [7, 11) is 1.51. The molecule has 0 radical (unpaired) electrons. The molecule has 3 amide bonds. The number of aromatic hydroxyl groups is 1. The SMILES string of the molecule is C[C@H]1C[C@@H](C#N)N(C(=O)[C@@H](Cc2ccc(O)c(Br)c2)N(C)C(=O)[C@H](C)NC(=O)OC(C)(C)C)C1. The number of carbonyl (C=O) groups is 3. The smallest absolute Gasteiger partial charge is 0.408 e. The number of alkyl carbamates (subject to hydrolysis) is 1. The van der Waals surface area contributed by atoms with Crippen LogP contribution in [0.2, 0.25) is 0 Å². The van der Waals surface area contributed by atoms with Crippen molar-refractivity contribution in [3.63, 3.8) is 0 Å². The maximum Gasteiger partial charge on any atom is 0.408 e. The molecule has 1 saturated heterocycles. The predicted molar refractivity (Wildman–Crippen MR) is 130 cm³/mol. The van der Waals surface area contributed by atoms with E-state index in [0.717, 1.165) is 5.56 Å². The molecule has 1 aromatic carbocycles. The molecule has 0 bridgehead atoms. The first-order chi connectivity index (χ1) is 15.7. The number of likely N-dealkylation sites (tertiary alicyclic amines) is 1. The number of benzene rings is 1. The highest BCUT2D eigenvalue weighted by molar-refractivity contribution is 9.10. The van der Waals surface area contributed by atoms with Crippen LogP contribution in [0.25, 0.3) is 0 Å². The molecular formula is C24H33BrN4O5. The van der Waals surface area contributed by atoms with Gasteiger partial charge in [0, 0.05) is 20.0 Å². The highest BCUT2D eigenvalue weighted by atomic mass is 79.9. The van der Waals surface area contributed by atoms with Gasteiger partial charge in [0.1, 0.15) is 29.5 Å². The van der Waals surface area contributed by atoms with Crippen molar-refractivity contribution in [1.82, 2.24) is 15.1 Å². The van der Waals surface area contributed by atoms with Crippen LogP contribution in [0.4, 0.5) is 4.79 Å². The van der Waals surface area contributed by atoms with Crippen molar-refractivity contribution in [3.05, 3.63) is 28.2 Å². The van der Waals surface area contributed by atoms with E-state index < -0.39 is 35.7 Å². The zero-order valence-corrected chi connectivity index (χ0v) is 22.0. The Hall–Kier alpha value is -2.80. The van der Waals surface area contributed by atoms with Gasteiger partial charge in [-0.3, -0.25) is 9.59 Å². The molecule has 0 aliphatic carbocycles. The van der Waals surface area contributed by atoms with Crippen molar-refractivity contribution >= 4 is 33.8 Å². The van der Waals surface area contributed by atoms with Crippen molar-refractivity contribution in [3.8, 4) is 11.8 Å². The molecule has 1 heterocycles. The minimum Gasteiger partial charge on any atom is -0.507 e. The number of nitrogens with one attached hydrogen (secondary N) is 1. The molecule has 2 rings (SSSR count). The molecule has 4 atom stereocenters. The fraction of sp³-hybridized carbons (Fsp3) is 0.583. The van der Waals surface area contributed by atoms with E-state index in [1.165, 1.54) is 29.8 Å². The van der Waals surface area contributed by atoms with Crippen LogP contribution in [-0.4, -0.2) is 70.1 Å². The van der Waals surface area contributed by atoms with Crippen LogP contribution in [0.3, 0.4) is 0 Å². The topological polar surface area (TPSA) is 123 Å². The van der Waals surface area contributed by atoms with E-state index in [-0.39, 0.29) is 24.0 Å². The molecule has 10 heteroatoms. The number of amides is 3. The molecule has 1 aliphatic rings. The van der Waals surface area contributed by atoms with Gasteiger partial charge in [0.15, 0.2) is 0 Å². The quantitative estimate of drug-likeness (QED) is 0.575. The van der Waals surface area contributed by atoms with Crippen molar-refractivity contribution in [2.24, 2.45) is 5.92 Å². The number of ether oxygens (including phenoxy) is 1. The van der Waals surface area contributed by atoms with Gasteiger partial charge in [-0.05, 0) is 73.7 Å². The van der Waals surface area contributed by atoms with Crippen LogP contribution >= 0.6 is 15.9 Å².